The number of hydrogen-bond acceptors (Lipinski definition) is 4. The Kier molecular flexibility index (Phi) is 5.16. The van der Waals surface area contributed by atoms with Gasteiger partial charge < -0.3 is 21.5 Å². The molecule has 6 nitrogen and oxygen atoms in total. The minimum absolute atomic E-state index is 0.00829. The molecule has 0 unspecified atom stereocenters. The number of anilines is 1. The van der Waals surface area contributed by atoms with E-state index in [1.165, 1.54) is 0 Å². The number of nitrogens with two attached hydrogens (primary N) is 2. The first-order valence-electron chi connectivity index (χ1n) is 7.12. The van der Waals surface area contributed by atoms with Crippen LogP contribution in [0.1, 0.15) is 25.7 Å². The van der Waals surface area contributed by atoms with Gasteiger partial charge in [-0.1, -0.05) is 6.07 Å². The number of benzene rings is 1. The zero-order valence-electron chi connectivity index (χ0n) is 11.9. The van der Waals surface area contributed by atoms with Crippen molar-refractivity contribution in [3.05, 3.63) is 24.3 Å². The molecule has 2 amide bonds. The van der Waals surface area contributed by atoms with Gasteiger partial charge >= 0.3 is 0 Å². The molecule has 0 radical (unpaired) electrons. The van der Waals surface area contributed by atoms with Crippen molar-refractivity contribution in [1.82, 2.24) is 0 Å². The van der Waals surface area contributed by atoms with Crippen molar-refractivity contribution in [3.8, 4) is 5.75 Å². The normalized spacial score (nSPS) is 21.6. The molecule has 114 valence electrons. The Balaban J connectivity index is 1.91. The average molecular weight is 291 g/mol. The summed E-state index contributed by atoms with van der Waals surface area (Å²) in [6, 6.07) is 7.14. The molecule has 1 aliphatic carbocycles. The second kappa shape index (κ2) is 7.08. The zero-order valence-corrected chi connectivity index (χ0v) is 11.9. The van der Waals surface area contributed by atoms with E-state index >= 15 is 0 Å². The van der Waals surface area contributed by atoms with Crippen LogP contribution in [0.2, 0.25) is 0 Å². The van der Waals surface area contributed by atoms with E-state index in [1.54, 1.807) is 24.3 Å². The van der Waals surface area contributed by atoms with Crippen molar-refractivity contribution in [2.24, 2.45) is 17.4 Å². The van der Waals surface area contributed by atoms with Gasteiger partial charge in [0.2, 0.25) is 5.91 Å². The standard InChI is InChI=1S/C15H21N3O3/c16-11-6-4-10(5-7-11)15(20)18-12-2-1-3-13(8-12)21-9-14(17)19/h1-3,8,10-11H,4-7,9,16H2,(H2,17,19)(H,18,20). The molecule has 6 heteroatoms. The van der Waals surface area contributed by atoms with Gasteiger partial charge in [0.25, 0.3) is 5.91 Å². The molecule has 1 aliphatic rings. The molecule has 21 heavy (non-hydrogen) atoms. The van der Waals surface area contributed by atoms with Crippen molar-refractivity contribution in [1.29, 1.82) is 0 Å². The summed E-state index contributed by atoms with van der Waals surface area (Å²) in [5.74, 6) is -0.0193. The Morgan fingerprint density at radius 2 is 1.95 bits per heavy atom. The highest BCUT2D eigenvalue weighted by Crippen LogP contribution is 2.25. The molecule has 0 atom stereocenters. The molecule has 5 N–H and O–H groups in total. The molecule has 1 aromatic rings. The van der Waals surface area contributed by atoms with Crippen LogP contribution >= 0.6 is 0 Å². The van der Waals surface area contributed by atoms with Crippen LogP contribution in [0.4, 0.5) is 5.69 Å². The van der Waals surface area contributed by atoms with Gasteiger partial charge in [-0.05, 0) is 37.8 Å². The summed E-state index contributed by atoms with van der Waals surface area (Å²) in [4.78, 5) is 22.9. The molecule has 0 aromatic heterocycles. The summed E-state index contributed by atoms with van der Waals surface area (Å²) in [7, 11) is 0. The number of carbonyl (C=O) groups excluding carboxylic acids is 2. The number of nitrogens with one attached hydrogen (secondary N) is 1. The van der Waals surface area contributed by atoms with Crippen molar-refractivity contribution in [2.75, 3.05) is 11.9 Å². The van der Waals surface area contributed by atoms with E-state index in [-0.39, 0.29) is 24.5 Å². The van der Waals surface area contributed by atoms with Crippen LogP contribution in [-0.2, 0) is 9.59 Å². The largest absolute Gasteiger partial charge is 0.484 e. The van der Waals surface area contributed by atoms with Crippen LogP contribution in [-0.4, -0.2) is 24.5 Å². The lowest BCUT2D eigenvalue weighted by atomic mass is 9.86. The quantitative estimate of drug-likeness (QED) is 0.752. The van der Waals surface area contributed by atoms with Gasteiger partial charge in [-0.15, -0.1) is 0 Å². The van der Waals surface area contributed by atoms with Crippen LogP contribution in [0.5, 0.6) is 5.75 Å². The van der Waals surface area contributed by atoms with Gasteiger partial charge in [-0.3, -0.25) is 9.59 Å². The van der Waals surface area contributed by atoms with Crippen LogP contribution in [0.15, 0.2) is 24.3 Å². The fourth-order valence-corrected chi connectivity index (χ4v) is 2.44. The fraction of sp³-hybridized carbons (Fsp3) is 0.467. The highest BCUT2D eigenvalue weighted by Gasteiger charge is 2.24. The maximum atomic E-state index is 12.2. The van der Waals surface area contributed by atoms with Gasteiger partial charge in [0, 0.05) is 23.7 Å². The van der Waals surface area contributed by atoms with E-state index < -0.39 is 5.91 Å². The van der Waals surface area contributed by atoms with Gasteiger partial charge in [0.1, 0.15) is 5.75 Å². The lowest BCUT2D eigenvalue weighted by Gasteiger charge is -2.25. The minimum atomic E-state index is -0.539. The lowest BCUT2D eigenvalue weighted by Crippen LogP contribution is -2.32. The number of carbonyl (C=O) groups is 2. The fourth-order valence-electron chi connectivity index (χ4n) is 2.44. The Morgan fingerprint density at radius 3 is 2.62 bits per heavy atom. The first-order chi connectivity index (χ1) is 10.0. The molecule has 0 bridgehead atoms. The van der Waals surface area contributed by atoms with E-state index in [4.69, 9.17) is 16.2 Å². The minimum Gasteiger partial charge on any atom is -0.484 e. The molecular formula is C15H21N3O3. The first-order valence-corrected chi connectivity index (χ1v) is 7.12. The third kappa shape index (κ3) is 4.75. The van der Waals surface area contributed by atoms with Crippen LogP contribution in [0.25, 0.3) is 0 Å². The van der Waals surface area contributed by atoms with Crippen LogP contribution in [0.3, 0.4) is 0 Å². The lowest BCUT2D eigenvalue weighted by molar-refractivity contribution is -0.121. The Morgan fingerprint density at radius 1 is 1.24 bits per heavy atom. The Hall–Kier alpha value is -2.08. The molecule has 0 saturated heterocycles. The van der Waals surface area contributed by atoms with E-state index in [0.29, 0.717) is 11.4 Å². The van der Waals surface area contributed by atoms with Crippen LogP contribution in [0, 0.1) is 5.92 Å². The molecule has 1 aromatic carbocycles. The van der Waals surface area contributed by atoms with Crippen molar-refractivity contribution >= 4 is 17.5 Å². The SMILES string of the molecule is NC(=O)COc1cccc(NC(=O)C2CCC(N)CC2)c1. The van der Waals surface area contributed by atoms with Crippen molar-refractivity contribution in [3.63, 3.8) is 0 Å². The van der Waals surface area contributed by atoms with E-state index in [1.807, 2.05) is 0 Å². The van der Waals surface area contributed by atoms with E-state index in [2.05, 4.69) is 5.32 Å². The number of rotatable bonds is 5. The van der Waals surface area contributed by atoms with Gasteiger partial charge in [0.15, 0.2) is 6.61 Å². The molecular weight excluding hydrogens is 270 g/mol. The second-order valence-corrected chi connectivity index (χ2v) is 5.38. The van der Waals surface area contributed by atoms with E-state index in [9.17, 15) is 9.59 Å². The highest BCUT2D eigenvalue weighted by molar-refractivity contribution is 5.92. The zero-order chi connectivity index (χ0) is 15.2. The second-order valence-electron chi connectivity index (χ2n) is 5.38. The van der Waals surface area contributed by atoms with Crippen molar-refractivity contribution < 1.29 is 14.3 Å². The predicted octanol–water partition coefficient (Wildman–Crippen LogP) is 1.01. The number of hydrogen-bond donors (Lipinski definition) is 3. The van der Waals surface area contributed by atoms with Crippen LogP contribution < -0.4 is 21.5 Å². The Bertz CT molecular complexity index is 511. The third-order valence-electron chi connectivity index (χ3n) is 3.63. The third-order valence-corrected chi connectivity index (χ3v) is 3.63. The summed E-state index contributed by atoms with van der Waals surface area (Å²) in [5, 5.41) is 2.88. The molecule has 2 rings (SSSR count). The summed E-state index contributed by atoms with van der Waals surface area (Å²) in [6.07, 6.45) is 3.43. The van der Waals surface area contributed by atoms with E-state index in [0.717, 1.165) is 25.7 Å². The molecule has 0 aliphatic heterocycles. The highest BCUT2D eigenvalue weighted by atomic mass is 16.5. The summed E-state index contributed by atoms with van der Waals surface area (Å²) < 4.78 is 5.21. The molecule has 0 spiro atoms. The van der Waals surface area contributed by atoms with Crippen molar-refractivity contribution in [2.45, 2.75) is 31.7 Å². The molecule has 1 fully saturated rings. The summed E-state index contributed by atoms with van der Waals surface area (Å²) >= 11 is 0. The van der Waals surface area contributed by atoms with Gasteiger partial charge in [0.05, 0.1) is 0 Å². The van der Waals surface area contributed by atoms with Gasteiger partial charge in [-0.2, -0.15) is 0 Å². The number of ether oxygens (including phenoxy) is 1. The smallest absolute Gasteiger partial charge is 0.255 e. The summed E-state index contributed by atoms with van der Waals surface area (Å²) in [5.41, 5.74) is 11.5. The number of amides is 2. The first kappa shape index (κ1) is 15.3. The monoisotopic (exact) mass is 291 g/mol. The molecule has 1 saturated carbocycles. The maximum Gasteiger partial charge on any atom is 0.255 e. The van der Waals surface area contributed by atoms with Gasteiger partial charge in [-0.25, -0.2) is 0 Å². The predicted molar refractivity (Wildman–Crippen MR) is 79.7 cm³/mol. The topological polar surface area (TPSA) is 107 Å². The molecule has 0 heterocycles. The summed E-state index contributed by atoms with van der Waals surface area (Å²) in [6.45, 7) is -0.183. The average Bonchev–Trinajstić information content (AvgIpc) is 2.46. The maximum absolute atomic E-state index is 12.2. The number of primary amides is 1. The Labute approximate surface area is 123 Å².